The topological polar surface area (TPSA) is 54.5 Å². The van der Waals surface area contributed by atoms with Crippen molar-refractivity contribution in [3.63, 3.8) is 0 Å². The van der Waals surface area contributed by atoms with Gasteiger partial charge < -0.3 is 0 Å². The first kappa shape index (κ1) is 16.6. The highest BCUT2D eigenvalue weighted by molar-refractivity contribution is 9.10. The number of halogens is 1. The zero-order valence-electron chi connectivity index (χ0n) is 12.3. The number of benzene rings is 1. The molecule has 21 heavy (non-hydrogen) atoms. The third-order valence-electron chi connectivity index (χ3n) is 3.92. The van der Waals surface area contributed by atoms with E-state index in [-0.39, 0.29) is 11.7 Å². The fraction of sp³-hybridized carbons (Fsp3) is 0.533. The summed E-state index contributed by atoms with van der Waals surface area (Å²) in [7, 11) is -3.16. The van der Waals surface area contributed by atoms with Gasteiger partial charge in [-0.3, -0.25) is 4.79 Å². The van der Waals surface area contributed by atoms with Crippen molar-refractivity contribution >= 4 is 31.7 Å². The number of aryl methyl sites for hydroxylation is 1. The Kier molecular flexibility index (Phi) is 5.22. The predicted molar refractivity (Wildman–Crippen MR) is 87.0 cm³/mol. The standard InChI is InChI=1S/C15H20BrNO3S/c1-11-5-6-13(16)9-14(11)15(18)8-12-4-3-7-17(10-12)21(2,19)20/h5-6,9,12H,3-4,7-8,10H2,1-2H3. The Hall–Kier alpha value is -0.720. The van der Waals surface area contributed by atoms with Crippen LogP contribution in [0.5, 0.6) is 0 Å². The Balaban J connectivity index is 2.07. The van der Waals surface area contributed by atoms with Crippen LogP contribution in [0.2, 0.25) is 0 Å². The highest BCUT2D eigenvalue weighted by atomic mass is 79.9. The van der Waals surface area contributed by atoms with Crippen molar-refractivity contribution < 1.29 is 13.2 Å². The van der Waals surface area contributed by atoms with Gasteiger partial charge in [-0.1, -0.05) is 22.0 Å². The molecule has 4 nitrogen and oxygen atoms in total. The molecule has 0 N–H and O–H groups in total. The van der Waals surface area contributed by atoms with Crippen LogP contribution in [0.1, 0.15) is 35.2 Å². The first-order valence-corrected chi connectivity index (χ1v) is 9.66. The maximum atomic E-state index is 12.5. The van der Waals surface area contributed by atoms with Gasteiger partial charge in [0.25, 0.3) is 0 Å². The quantitative estimate of drug-likeness (QED) is 0.762. The van der Waals surface area contributed by atoms with Gasteiger partial charge in [-0.2, -0.15) is 0 Å². The second-order valence-corrected chi connectivity index (χ2v) is 8.61. The van der Waals surface area contributed by atoms with Crippen molar-refractivity contribution in [2.24, 2.45) is 5.92 Å². The van der Waals surface area contributed by atoms with Gasteiger partial charge in [-0.05, 0) is 43.4 Å². The van der Waals surface area contributed by atoms with E-state index in [2.05, 4.69) is 15.9 Å². The first-order chi connectivity index (χ1) is 9.77. The molecular formula is C15H20BrNO3S. The summed E-state index contributed by atoms with van der Waals surface area (Å²) in [4.78, 5) is 12.5. The van der Waals surface area contributed by atoms with Gasteiger partial charge in [-0.15, -0.1) is 0 Å². The van der Waals surface area contributed by atoms with Gasteiger partial charge in [0, 0.05) is 29.5 Å². The lowest BCUT2D eigenvalue weighted by atomic mass is 9.91. The second-order valence-electron chi connectivity index (χ2n) is 5.72. The molecule has 0 bridgehead atoms. The van der Waals surface area contributed by atoms with E-state index in [1.165, 1.54) is 10.6 Å². The molecule has 0 saturated carbocycles. The maximum absolute atomic E-state index is 12.5. The summed E-state index contributed by atoms with van der Waals surface area (Å²) in [6, 6.07) is 5.67. The number of hydrogen-bond acceptors (Lipinski definition) is 3. The maximum Gasteiger partial charge on any atom is 0.211 e. The monoisotopic (exact) mass is 373 g/mol. The largest absolute Gasteiger partial charge is 0.294 e. The number of nitrogens with zero attached hydrogens (tertiary/aromatic N) is 1. The lowest BCUT2D eigenvalue weighted by Gasteiger charge is -2.30. The number of piperidine rings is 1. The molecule has 6 heteroatoms. The van der Waals surface area contributed by atoms with Crippen molar-refractivity contribution in [1.82, 2.24) is 4.31 Å². The van der Waals surface area contributed by atoms with E-state index in [1.807, 2.05) is 25.1 Å². The van der Waals surface area contributed by atoms with Gasteiger partial charge in [0.2, 0.25) is 10.0 Å². The summed E-state index contributed by atoms with van der Waals surface area (Å²) in [6.45, 7) is 2.94. The number of carbonyl (C=O) groups excluding carboxylic acids is 1. The van der Waals surface area contributed by atoms with Crippen LogP contribution in [0, 0.1) is 12.8 Å². The number of rotatable bonds is 4. The summed E-state index contributed by atoms with van der Waals surface area (Å²) in [5.74, 6) is 0.202. The third-order valence-corrected chi connectivity index (χ3v) is 5.69. The normalized spacial score (nSPS) is 20.4. The van der Waals surface area contributed by atoms with Crippen molar-refractivity contribution in [3.8, 4) is 0 Å². The minimum atomic E-state index is -3.16. The van der Waals surface area contributed by atoms with Crippen LogP contribution < -0.4 is 0 Å². The van der Waals surface area contributed by atoms with Crippen molar-refractivity contribution in [1.29, 1.82) is 0 Å². The Morgan fingerprint density at radius 2 is 2.14 bits per heavy atom. The van der Waals surface area contributed by atoms with Gasteiger partial charge in [-0.25, -0.2) is 12.7 Å². The molecule has 116 valence electrons. The van der Waals surface area contributed by atoms with Gasteiger partial charge in [0.15, 0.2) is 5.78 Å². The molecule has 1 aromatic rings. The molecule has 0 spiro atoms. The summed E-state index contributed by atoms with van der Waals surface area (Å²) >= 11 is 3.39. The number of hydrogen-bond donors (Lipinski definition) is 0. The minimum Gasteiger partial charge on any atom is -0.294 e. The van der Waals surface area contributed by atoms with Crippen LogP contribution in [0.25, 0.3) is 0 Å². The molecule has 0 amide bonds. The van der Waals surface area contributed by atoms with Crippen molar-refractivity contribution in [2.45, 2.75) is 26.2 Å². The van der Waals surface area contributed by atoms with Crippen LogP contribution in [0.15, 0.2) is 22.7 Å². The van der Waals surface area contributed by atoms with E-state index < -0.39 is 10.0 Å². The smallest absolute Gasteiger partial charge is 0.211 e. The molecule has 2 rings (SSSR count). The molecule has 0 aromatic heterocycles. The molecule has 1 saturated heterocycles. The van der Waals surface area contributed by atoms with Gasteiger partial charge in [0.05, 0.1) is 6.26 Å². The zero-order valence-corrected chi connectivity index (χ0v) is 14.7. The average Bonchev–Trinajstić information content (AvgIpc) is 2.41. The Labute approximate surface area is 134 Å². The summed E-state index contributed by atoms with van der Waals surface area (Å²) in [5, 5.41) is 0. The number of Topliss-reactive ketones (excluding diaryl/α,β-unsaturated/α-hetero) is 1. The first-order valence-electron chi connectivity index (χ1n) is 7.02. The summed E-state index contributed by atoms with van der Waals surface area (Å²) in [5.41, 5.74) is 1.68. The Morgan fingerprint density at radius 1 is 1.43 bits per heavy atom. The minimum absolute atomic E-state index is 0.0918. The molecule has 1 unspecified atom stereocenters. The highest BCUT2D eigenvalue weighted by Gasteiger charge is 2.27. The lowest BCUT2D eigenvalue weighted by molar-refractivity contribution is 0.0941. The van der Waals surface area contributed by atoms with Crippen LogP contribution in [-0.2, 0) is 10.0 Å². The van der Waals surface area contributed by atoms with E-state index in [4.69, 9.17) is 0 Å². The SMILES string of the molecule is Cc1ccc(Br)cc1C(=O)CC1CCCN(S(C)(=O)=O)C1. The van der Waals surface area contributed by atoms with Crippen LogP contribution in [-0.4, -0.2) is 37.9 Å². The van der Waals surface area contributed by atoms with Crippen LogP contribution in [0.4, 0.5) is 0 Å². The van der Waals surface area contributed by atoms with E-state index >= 15 is 0 Å². The van der Waals surface area contributed by atoms with Crippen molar-refractivity contribution in [3.05, 3.63) is 33.8 Å². The van der Waals surface area contributed by atoms with E-state index in [0.29, 0.717) is 19.5 Å². The summed E-state index contributed by atoms with van der Waals surface area (Å²) < 4.78 is 25.6. The van der Waals surface area contributed by atoms with Crippen LogP contribution in [0.3, 0.4) is 0 Å². The molecule has 1 heterocycles. The predicted octanol–water partition coefficient (Wildman–Crippen LogP) is 3.00. The van der Waals surface area contributed by atoms with E-state index in [1.54, 1.807) is 0 Å². The molecule has 0 radical (unpaired) electrons. The van der Waals surface area contributed by atoms with Gasteiger partial charge in [0.1, 0.15) is 0 Å². The number of carbonyl (C=O) groups is 1. The van der Waals surface area contributed by atoms with E-state index in [9.17, 15) is 13.2 Å². The average molecular weight is 374 g/mol. The zero-order chi connectivity index (χ0) is 15.6. The Morgan fingerprint density at radius 3 is 2.81 bits per heavy atom. The molecule has 1 fully saturated rings. The van der Waals surface area contributed by atoms with Gasteiger partial charge >= 0.3 is 0 Å². The highest BCUT2D eigenvalue weighted by Crippen LogP contribution is 2.25. The molecule has 1 atom stereocenters. The molecule has 1 aliphatic heterocycles. The fourth-order valence-corrected chi connectivity index (χ4v) is 4.06. The lowest BCUT2D eigenvalue weighted by Crippen LogP contribution is -2.39. The molecular weight excluding hydrogens is 354 g/mol. The Bertz CT molecular complexity index is 642. The number of ketones is 1. The third kappa shape index (κ3) is 4.37. The summed E-state index contributed by atoms with van der Waals surface area (Å²) in [6.07, 6.45) is 3.37. The van der Waals surface area contributed by atoms with Crippen LogP contribution >= 0.6 is 15.9 Å². The van der Waals surface area contributed by atoms with Crippen molar-refractivity contribution in [2.75, 3.05) is 19.3 Å². The molecule has 1 aliphatic rings. The molecule has 1 aromatic carbocycles. The second kappa shape index (κ2) is 6.58. The number of sulfonamides is 1. The molecule has 0 aliphatic carbocycles. The fourth-order valence-electron chi connectivity index (χ4n) is 2.76. The van der Waals surface area contributed by atoms with E-state index in [0.717, 1.165) is 28.4 Å².